The van der Waals surface area contributed by atoms with Gasteiger partial charge in [0.05, 0.1) is 26.7 Å². The molecule has 19 heavy (non-hydrogen) atoms. The molecule has 0 aliphatic heterocycles. The Morgan fingerprint density at radius 2 is 2.21 bits per heavy atom. The zero-order valence-corrected chi connectivity index (χ0v) is 11.8. The van der Waals surface area contributed by atoms with Crippen LogP contribution >= 0.6 is 11.6 Å². The van der Waals surface area contributed by atoms with Crippen molar-refractivity contribution in [1.82, 2.24) is 5.32 Å². The molecule has 2 N–H and O–H groups in total. The number of carbonyl (C=O) groups excluding carboxylic acids is 1. The van der Waals surface area contributed by atoms with E-state index in [4.69, 9.17) is 21.1 Å². The summed E-state index contributed by atoms with van der Waals surface area (Å²) >= 11 is 5.89. The van der Waals surface area contributed by atoms with Crippen molar-refractivity contribution in [3.8, 4) is 11.5 Å². The second kappa shape index (κ2) is 7.86. The van der Waals surface area contributed by atoms with E-state index in [9.17, 15) is 9.90 Å². The number of amides is 1. The first-order chi connectivity index (χ1) is 9.12. The predicted molar refractivity (Wildman–Crippen MR) is 72.7 cm³/mol. The van der Waals surface area contributed by atoms with Crippen molar-refractivity contribution in [2.75, 3.05) is 20.3 Å². The van der Waals surface area contributed by atoms with E-state index < -0.39 is 0 Å². The first kappa shape index (κ1) is 15.6. The molecule has 1 rings (SSSR count). The number of aliphatic hydroxyl groups is 1. The molecule has 0 saturated heterocycles. The molecule has 0 radical (unpaired) electrons. The topological polar surface area (TPSA) is 67.8 Å². The van der Waals surface area contributed by atoms with Gasteiger partial charge in [-0.15, -0.1) is 0 Å². The summed E-state index contributed by atoms with van der Waals surface area (Å²) < 4.78 is 10.7. The van der Waals surface area contributed by atoms with E-state index in [-0.39, 0.29) is 25.5 Å². The lowest BCUT2D eigenvalue weighted by Gasteiger charge is -2.14. The number of methoxy groups -OCH3 is 1. The van der Waals surface area contributed by atoms with Gasteiger partial charge in [-0.3, -0.25) is 4.79 Å². The summed E-state index contributed by atoms with van der Waals surface area (Å²) in [6.07, 6.45) is 0.241. The summed E-state index contributed by atoms with van der Waals surface area (Å²) in [5.41, 5.74) is 0.528. The molecule has 0 saturated carbocycles. The Hall–Kier alpha value is -1.46. The number of hydrogen-bond acceptors (Lipinski definition) is 4. The van der Waals surface area contributed by atoms with Crippen LogP contribution in [0.1, 0.15) is 18.9 Å². The third-order valence-electron chi connectivity index (χ3n) is 2.44. The van der Waals surface area contributed by atoms with Crippen molar-refractivity contribution in [1.29, 1.82) is 0 Å². The van der Waals surface area contributed by atoms with Crippen LogP contribution in [-0.2, 0) is 11.4 Å². The SMILES string of the molecule is CCNC(=O)CCOc1c(CO)cc(Cl)cc1OC. The van der Waals surface area contributed by atoms with Gasteiger partial charge < -0.3 is 19.9 Å². The van der Waals surface area contributed by atoms with Gasteiger partial charge >= 0.3 is 0 Å². The van der Waals surface area contributed by atoms with Crippen LogP contribution in [0.4, 0.5) is 0 Å². The number of rotatable bonds is 7. The molecule has 0 atom stereocenters. The minimum absolute atomic E-state index is 0.0824. The van der Waals surface area contributed by atoms with Crippen LogP contribution in [0.3, 0.4) is 0 Å². The fraction of sp³-hybridized carbons (Fsp3) is 0.462. The highest BCUT2D eigenvalue weighted by Crippen LogP contribution is 2.34. The second-order valence-electron chi connectivity index (χ2n) is 3.81. The number of hydrogen-bond donors (Lipinski definition) is 2. The largest absolute Gasteiger partial charge is 0.493 e. The molecule has 5 nitrogen and oxygen atoms in total. The Morgan fingerprint density at radius 3 is 2.79 bits per heavy atom. The molecule has 1 aromatic rings. The Bertz CT molecular complexity index is 412. The molecule has 6 heteroatoms. The molecule has 1 amide bonds. The van der Waals surface area contributed by atoms with E-state index in [1.165, 1.54) is 7.11 Å². The quantitative estimate of drug-likeness (QED) is 0.802. The number of carbonyl (C=O) groups is 1. The van der Waals surface area contributed by atoms with Crippen LogP contribution in [0.15, 0.2) is 12.1 Å². The third kappa shape index (κ3) is 4.61. The number of halogens is 1. The molecule has 0 fully saturated rings. The smallest absolute Gasteiger partial charge is 0.223 e. The minimum atomic E-state index is -0.215. The molecule has 0 unspecified atom stereocenters. The van der Waals surface area contributed by atoms with Crippen LogP contribution in [0.25, 0.3) is 0 Å². The minimum Gasteiger partial charge on any atom is -0.493 e. The van der Waals surface area contributed by atoms with Crippen LogP contribution < -0.4 is 14.8 Å². The van der Waals surface area contributed by atoms with Crippen LogP contribution in [-0.4, -0.2) is 31.3 Å². The zero-order chi connectivity index (χ0) is 14.3. The highest BCUT2D eigenvalue weighted by atomic mass is 35.5. The maximum atomic E-state index is 11.3. The molecular weight excluding hydrogens is 270 g/mol. The highest BCUT2D eigenvalue weighted by molar-refractivity contribution is 6.30. The summed E-state index contributed by atoms with van der Waals surface area (Å²) in [5.74, 6) is 0.770. The molecular formula is C13H18ClNO4. The van der Waals surface area contributed by atoms with Crippen LogP contribution in [0.2, 0.25) is 5.02 Å². The third-order valence-corrected chi connectivity index (χ3v) is 2.65. The van der Waals surface area contributed by atoms with Gasteiger partial charge in [-0.2, -0.15) is 0 Å². The molecule has 0 aromatic heterocycles. The van der Waals surface area contributed by atoms with E-state index in [2.05, 4.69) is 5.32 Å². The highest BCUT2D eigenvalue weighted by Gasteiger charge is 2.13. The number of ether oxygens (including phenoxy) is 2. The number of aliphatic hydroxyl groups excluding tert-OH is 1. The van der Waals surface area contributed by atoms with Crippen molar-refractivity contribution < 1.29 is 19.4 Å². The molecule has 106 valence electrons. The van der Waals surface area contributed by atoms with Gasteiger partial charge in [0.15, 0.2) is 11.5 Å². The Labute approximate surface area is 117 Å². The van der Waals surface area contributed by atoms with Crippen molar-refractivity contribution in [3.05, 3.63) is 22.7 Å². The number of nitrogens with one attached hydrogen (secondary N) is 1. The van der Waals surface area contributed by atoms with E-state index in [0.717, 1.165) is 0 Å². The van der Waals surface area contributed by atoms with Crippen LogP contribution in [0, 0.1) is 0 Å². The van der Waals surface area contributed by atoms with Gasteiger partial charge in [-0.05, 0) is 13.0 Å². The second-order valence-corrected chi connectivity index (χ2v) is 4.24. The van der Waals surface area contributed by atoms with Crippen molar-refractivity contribution >= 4 is 17.5 Å². The molecule has 0 bridgehead atoms. The summed E-state index contributed by atoms with van der Waals surface area (Å²) in [7, 11) is 1.49. The Morgan fingerprint density at radius 1 is 1.47 bits per heavy atom. The molecule has 0 aliphatic carbocycles. The molecule has 0 spiro atoms. The molecule has 0 aliphatic rings. The van der Waals surface area contributed by atoms with Gasteiger partial charge in [-0.25, -0.2) is 0 Å². The first-order valence-corrected chi connectivity index (χ1v) is 6.36. The zero-order valence-electron chi connectivity index (χ0n) is 11.0. The van der Waals surface area contributed by atoms with E-state index >= 15 is 0 Å². The van der Waals surface area contributed by atoms with Gasteiger partial charge in [0.25, 0.3) is 0 Å². The van der Waals surface area contributed by atoms with E-state index in [0.29, 0.717) is 28.6 Å². The van der Waals surface area contributed by atoms with Crippen molar-refractivity contribution in [2.45, 2.75) is 20.0 Å². The average Bonchev–Trinajstić information content (AvgIpc) is 2.39. The fourth-order valence-corrected chi connectivity index (χ4v) is 1.82. The lowest BCUT2D eigenvalue weighted by molar-refractivity contribution is -0.121. The first-order valence-electron chi connectivity index (χ1n) is 5.99. The lowest BCUT2D eigenvalue weighted by Crippen LogP contribution is -2.24. The monoisotopic (exact) mass is 287 g/mol. The predicted octanol–water partition coefficient (Wildman–Crippen LogP) is 1.75. The summed E-state index contributed by atoms with van der Waals surface area (Å²) in [6, 6.07) is 3.20. The summed E-state index contributed by atoms with van der Waals surface area (Å²) in [4.78, 5) is 11.3. The van der Waals surface area contributed by atoms with Gasteiger partial charge in [-0.1, -0.05) is 11.6 Å². The van der Waals surface area contributed by atoms with Gasteiger partial charge in [0.2, 0.25) is 5.91 Å². The number of benzene rings is 1. The molecule has 0 heterocycles. The average molecular weight is 288 g/mol. The normalized spacial score (nSPS) is 10.1. The van der Waals surface area contributed by atoms with Crippen molar-refractivity contribution in [2.24, 2.45) is 0 Å². The lowest BCUT2D eigenvalue weighted by atomic mass is 10.2. The fourth-order valence-electron chi connectivity index (χ4n) is 1.59. The van der Waals surface area contributed by atoms with E-state index in [1.807, 2.05) is 6.92 Å². The van der Waals surface area contributed by atoms with Gasteiger partial charge in [0, 0.05) is 23.2 Å². The maximum Gasteiger partial charge on any atom is 0.223 e. The summed E-state index contributed by atoms with van der Waals surface area (Å²) in [5, 5.41) is 12.4. The summed E-state index contributed by atoms with van der Waals surface area (Å²) in [6.45, 7) is 2.43. The Balaban J connectivity index is 2.73. The standard InChI is InChI=1S/C13H18ClNO4/c1-3-15-12(17)4-5-19-13-9(8-16)6-10(14)7-11(13)18-2/h6-7,16H,3-5,8H2,1-2H3,(H,15,17). The van der Waals surface area contributed by atoms with E-state index in [1.54, 1.807) is 12.1 Å². The van der Waals surface area contributed by atoms with Gasteiger partial charge in [0.1, 0.15) is 0 Å². The van der Waals surface area contributed by atoms with Crippen molar-refractivity contribution in [3.63, 3.8) is 0 Å². The maximum absolute atomic E-state index is 11.3. The Kier molecular flexibility index (Phi) is 6.45. The molecule has 1 aromatic carbocycles. The van der Waals surface area contributed by atoms with Crippen LogP contribution in [0.5, 0.6) is 11.5 Å².